The maximum atomic E-state index is 13.0. The van der Waals surface area contributed by atoms with Crippen LogP contribution in [0.2, 0.25) is 0 Å². The van der Waals surface area contributed by atoms with E-state index in [1.54, 1.807) is 28.8 Å². The maximum Gasteiger partial charge on any atom is 0.243 e. The molecule has 1 N–H and O–H groups in total. The summed E-state index contributed by atoms with van der Waals surface area (Å²) in [5.41, 5.74) is 2.91. The molecule has 0 spiro atoms. The summed E-state index contributed by atoms with van der Waals surface area (Å²) in [6.45, 7) is 1.18. The fourth-order valence-electron chi connectivity index (χ4n) is 4.31. The summed E-state index contributed by atoms with van der Waals surface area (Å²) >= 11 is 0. The fraction of sp³-hybridized carbons (Fsp3) is 0.333. The van der Waals surface area contributed by atoms with Gasteiger partial charge in [0.15, 0.2) is 0 Å². The first-order chi connectivity index (χ1) is 16.5. The number of aryl methyl sites for hydroxylation is 1. The number of carbonyl (C=O) groups excluding carboxylic acids is 1. The summed E-state index contributed by atoms with van der Waals surface area (Å²) < 4.78 is 27.5. The minimum atomic E-state index is -3.46. The second-order valence-corrected chi connectivity index (χ2v) is 10.6. The molecule has 1 atom stereocenters. The van der Waals surface area contributed by atoms with Gasteiger partial charge in [-0.25, -0.2) is 8.42 Å². The first-order valence-electron chi connectivity index (χ1n) is 11.9. The first kappa shape index (κ1) is 24.1. The molecule has 1 aliphatic heterocycles. The van der Waals surface area contributed by atoms with Crippen molar-refractivity contribution in [3.05, 3.63) is 95.8 Å². The van der Waals surface area contributed by atoms with Crippen LogP contribution in [0.25, 0.3) is 0 Å². The van der Waals surface area contributed by atoms with Gasteiger partial charge in [-0.15, -0.1) is 0 Å². The molecule has 0 saturated carbocycles. The van der Waals surface area contributed by atoms with Gasteiger partial charge in [0.2, 0.25) is 15.9 Å². The van der Waals surface area contributed by atoms with Crippen LogP contribution < -0.4 is 5.32 Å². The minimum Gasteiger partial charge on any atom is -0.345 e. The van der Waals surface area contributed by atoms with Gasteiger partial charge in [-0.05, 0) is 60.2 Å². The topological polar surface area (TPSA) is 79.4 Å². The Morgan fingerprint density at radius 2 is 1.47 bits per heavy atom. The van der Waals surface area contributed by atoms with Crippen LogP contribution in [0, 0.1) is 0 Å². The van der Waals surface area contributed by atoms with Crippen LogP contribution in [-0.2, 0) is 21.2 Å². The third-order valence-electron chi connectivity index (χ3n) is 6.24. The number of hydrogen-bond acceptors (Lipinski definition) is 4. The van der Waals surface area contributed by atoms with Crippen LogP contribution in [-0.4, -0.2) is 36.7 Å². The lowest BCUT2D eigenvalue weighted by Crippen LogP contribution is -2.31. The average molecular weight is 478 g/mol. The van der Waals surface area contributed by atoms with Crippen molar-refractivity contribution in [1.82, 2.24) is 14.6 Å². The summed E-state index contributed by atoms with van der Waals surface area (Å²) in [6, 6.07) is 20.4. The Morgan fingerprint density at radius 3 is 2.12 bits per heavy atom. The van der Waals surface area contributed by atoms with Crippen molar-refractivity contribution in [3.8, 4) is 0 Å². The molecule has 1 saturated heterocycles. The molecule has 1 fully saturated rings. The SMILES string of the molecule is O=C(CCc1ccc(S(=O)(=O)N2CCCCCC2)cc1)NC(c1ccccc1)c1ccncc1. The van der Waals surface area contributed by atoms with E-state index in [-0.39, 0.29) is 11.9 Å². The Hall–Kier alpha value is -3.03. The molecule has 1 aliphatic rings. The predicted octanol–water partition coefficient (Wildman–Crippen LogP) is 4.48. The molecule has 178 valence electrons. The third-order valence-corrected chi connectivity index (χ3v) is 8.16. The Labute approximate surface area is 202 Å². The van der Waals surface area contributed by atoms with Gasteiger partial charge in [0.1, 0.15) is 0 Å². The summed E-state index contributed by atoms with van der Waals surface area (Å²) in [5, 5.41) is 3.14. The highest BCUT2D eigenvalue weighted by atomic mass is 32.2. The number of aromatic nitrogens is 1. The summed E-state index contributed by atoms with van der Waals surface area (Å²) in [5.74, 6) is -0.0630. The molecule has 0 bridgehead atoms. The van der Waals surface area contributed by atoms with Gasteiger partial charge in [-0.1, -0.05) is 55.3 Å². The average Bonchev–Trinajstić information content (AvgIpc) is 3.18. The van der Waals surface area contributed by atoms with E-state index in [1.807, 2.05) is 54.6 Å². The Bertz CT molecular complexity index is 1120. The lowest BCUT2D eigenvalue weighted by molar-refractivity contribution is -0.121. The molecule has 1 amide bonds. The van der Waals surface area contributed by atoms with Crippen LogP contribution in [0.1, 0.15) is 54.8 Å². The van der Waals surface area contributed by atoms with E-state index in [9.17, 15) is 13.2 Å². The normalized spacial score (nSPS) is 15.9. The molecular formula is C27H31N3O3S. The number of sulfonamides is 1. The van der Waals surface area contributed by atoms with Gasteiger partial charge in [-0.3, -0.25) is 9.78 Å². The summed E-state index contributed by atoms with van der Waals surface area (Å²) in [6.07, 6.45) is 8.28. The zero-order valence-corrected chi connectivity index (χ0v) is 20.1. The zero-order valence-electron chi connectivity index (χ0n) is 19.3. The standard InChI is InChI=1S/C27H31N3O3S/c31-26(29-27(23-8-4-3-5-9-23)24-16-18-28-19-17-24)15-12-22-10-13-25(14-11-22)34(32,33)30-20-6-1-2-7-21-30/h3-5,8-11,13-14,16-19,27H,1-2,6-7,12,15,20-21H2,(H,29,31). The van der Waals surface area contributed by atoms with Gasteiger partial charge < -0.3 is 5.32 Å². The van der Waals surface area contributed by atoms with E-state index in [4.69, 9.17) is 0 Å². The predicted molar refractivity (Wildman–Crippen MR) is 133 cm³/mol. The molecule has 0 radical (unpaired) electrons. The van der Waals surface area contributed by atoms with Crippen LogP contribution in [0.15, 0.2) is 84.0 Å². The Balaban J connectivity index is 1.38. The molecule has 34 heavy (non-hydrogen) atoms. The maximum absolute atomic E-state index is 13.0. The zero-order chi connectivity index (χ0) is 23.8. The van der Waals surface area contributed by atoms with Crippen molar-refractivity contribution in [2.75, 3.05) is 13.1 Å². The number of amides is 1. The van der Waals surface area contributed by atoms with Crippen LogP contribution in [0.3, 0.4) is 0 Å². The highest BCUT2D eigenvalue weighted by Gasteiger charge is 2.25. The number of nitrogens with one attached hydrogen (secondary N) is 1. The quantitative estimate of drug-likeness (QED) is 0.519. The molecule has 2 aromatic carbocycles. The molecule has 1 aromatic heterocycles. The minimum absolute atomic E-state index is 0.0630. The third kappa shape index (κ3) is 6.10. The number of carbonyl (C=O) groups is 1. The van der Waals surface area contributed by atoms with Crippen LogP contribution >= 0.6 is 0 Å². The second-order valence-electron chi connectivity index (χ2n) is 8.65. The molecule has 6 nitrogen and oxygen atoms in total. The van der Waals surface area contributed by atoms with Crippen LogP contribution in [0.4, 0.5) is 0 Å². The van der Waals surface area contributed by atoms with E-state index in [0.29, 0.717) is 30.8 Å². The van der Waals surface area contributed by atoms with Crippen molar-refractivity contribution >= 4 is 15.9 Å². The van der Waals surface area contributed by atoms with E-state index in [1.165, 1.54) is 0 Å². The van der Waals surface area contributed by atoms with Crippen LogP contribution in [0.5, 0.6) is 0 Å². The van der Waals surface area contributed by atoms with Crippen molar-refractivity contribution < 1.29 is 13.2 Å². The second kappa shape index (κ2) is 11.4. The monoisotopic (exact) mass is 477 g/mol. The van der Waals surface area contributed by atoms with Crippen molar-refractivity contribution in [3.63, 3.8) is 0 Å². The van der Waals surface area contributed by atoms with Gasteiger partial charge in [0.25, 0.3) is 0 Å². The molecule has 4 rings (SSSR count). The van der Waals surface area contributed by atoms with Gasteiger partial charge >= 0.3 is 0 Å². The van der Waals surface area contributed by atoms with Gasteiger partial charge in [0.05, 0.1) is 10.9 Å². The molecule has 3 aromatic rings. The first-order valence-corrected chi connectivity index (χ1v) is 13.3. The molecule has 0 aliphatic carbocycles. The molecule has 2 heterocycles. The molecular weight excluding hydrogens is 446 g/mol. The smallest absolute Gasteiger partial charge is 0.243 e. The highest BCUT2D eigenvalue weighted by Crippen LogP contribution is 2.23. The van der Waals surface area contributed by atoms with E-state index >= 15 is 0 Å². The van der Waals surface area contributed by atoms with E-state index in [2.05, 4.69) is 10.3 Å². The summed E-state index contributed by atoms with van der Waals surface area (Å²) in [4.78, 5) is 17.2. The highest BCUT2D eigenvalue weighted by molar-refractivity contribution is 7.89. The molecule has 1 unspecified atom stereocenters. The van der Waals surface area contributed by atoms with Crippen molar-refractivity contribution in [2.45, 2.75) is 49.5 Å². The van der Waals surface area contributed by atoms with Crippen molar-refractivity contribution in [2.24, 2.45) is 0 Å². The number of pyridine rings is 1. The lowest BCUT2D eigenvalue weighted by Gasteiger charge is -2.20. The number of benzene rings is 2. The van der Waals surface area contributed by atoms with Crippen molar-refractivity contribution in [1.29, 1.82) is 0 Å². The number of hydrogen-bond donors (Lipinski definition) is 1. The Morgan fingerprint density at radius 1 is 0.853 bits per heavy atom. The number of rotatable bonds is 8. The van der Waals surface area contributed by atoms with Gasteiger partial charge in [0, 0.05) is 31.9 Å². The summed E-state index contributed by atoms with van der Waals surface area (Å²) in [7, 11) is -3.46. The fourth-order valence-corrected chi connectivity index (χ4v) is 5.83. The lowest BCUT2D eigenvalue weighted by atomic mass is 9.99. The Kier molecular flexibility index (Phi) is 8.08. The molecule has 7 heteroatoms. The number of nitrogens with zero attached hydrogens (tertiary/aromatic N) is 2. The van der Waals surface area contributed by atoms with Gasteiger partial charge in [-0.2, -0.15) is 4.31 Å². The van der Waals surface area contributed by atoms with E-state index < -0.39 is 10.0 Å². The largest absolute Gasteiger partial charge is 0.345 e. The van der Waals surface area contributed by atoms with E-state index in [0.717, 1.165) is 42.4 Å².